The summed E-state index contributed by atoms with van der Waals surface area (Å²) in [5.74, 6) is -1.22. The second-order valence-electron chi connectivity index (χ2n) is 8.27. The van der Waals surface area contributed by atoms with Gasteiger partial charge in [0.2, 0.25) is 0 Å². The molecular weight excluding hydrogens is 450 g/mol. The Kier molecular flexibility index (Phi) is 7.12. The average molecular weight is 475 g/mol. The first kappa shape index (κ1) is 24.0. The van der Waals surface area contributed by atoms with Crippen molar-refractivity contribution in [3.8, 4) is 5.75 Å². The maximum absolute atomic E-state index is 13.2. The molecule has 1 amide bonds. The molecule has 4 rings (SSSR count). The Morgan fingerprint density at radius 2 is 1.51 bits per heavy atom. The van der Waals surface area contributed by atoms with E-state index >= 15 is 0 Å². The Labute approximate surface area is 202 Å². The topological polar surface area (TPSA) is 113 Å². The lowest BCUT2D eigenvalue weighted by molar-refractivity contribution is -0.141. The second-order valence-corrected chi connectivity index (χ2v) is 8.27. The standard InChI is InChI=1S/C27H25NO7/c29-24-15-14-22-19(8-7-13-23(22)34-17-25(30)31)16-27(24,33)18-35-26(32)28(20-9-3-1-4-10-20)21-11-5-2-6-12-21/h1-13,33H,14-18H2,(H,30,31). The number of benzene rings is 3. The van der Waals surface area contributed by atoms with Gasteiger partial charge in [-0.15, -0.1) is 0 Å². The van der Waals surface area contributed by atoms with E-state index in [0.717, 1.165) is 0 Å². The predicted octanol–water partition coefficient (Wildman–Crippen LogP) is 3.91. The number of carboxylic acids is 1. The van der Waals surface area contributed by atoms with Crippen LogP contribution in [0.2, 0.25) is 0 Å². The fraction of sp³-hybridized carbons (Fsp3) is 0.222. The number of hydrogen-bond donors (Lipinski definition) is 2. The van der Waals surface area contributed by atoms with Crippen LogP contribution in [0.25, 0.3) is 0 Å². The molecule has 0 bridgehead atoms. The molecule has 1 unspecified atom stereocenters. The van der Waals surface area contributed by atoms with E-state index in [0.29, 0.717) is 28.3 Å². The first-order valence-corrected chi connectivity index (χ1v) is 11.2. The number of para-hydroxylation sites is 2. The van der Waals surface area contributed by atoms with Crippen LogP contribution in [0.3, 0.4) is 0 Å². The number of carboxylic acid groups (broad SMARTS) is 1. The van der Waals surface area contributed by atoms with Crippen molar-refractivity contribution >= 4 is 29.2 Å². The van der Waals surface area contributed by atoms with Gasteiger partial charge < -0.3 is 19.7 Å². The number of Topliss-reactive ketones (excluding diaryl/α,β-unsaturated/α-hetero) is 1. The van der Waals surface area contributed by atoms with Crippen LogP contribution in [0.5, 0.6) is 5.75 Å². The molecule has 0 saturated heterocycles. The van der Waals surface area contributed by atoms with E-state index in [-0.39, 0.29) is 19.3 Å². The summed E-state index contributed by atoms with van der Waals surface area (Å²) >= 11 is 0. The molecule has 0 radical (unpaired) electrons. The van der Waals surface area contributed by atoms with Gasteiger partial charge in [-0.05, 0) is 47.9 Å². The van der Waals surface area contributed by atoms with Crippen LogP contribution < -0.4 is 9.64 Å². The number of aliphatic hydroxyl groups is 1. The smallest absolute Gasteiger partial charge is 0.419 e. The summed E-state index contributed by atoms with van der Waals surface area (Å²) in [5, 5.41) is 20.2. The molecule has 0 aromatic heterocycles. The van der Waals surface area contributed by atoms with Gasteiger partial charge in [0.1, 0.15) is 12.4 Å². The van der Waals surface area contributed by atoms with Crippen molar-refractivity contribution in [3.63, 3.8) is 0 Å². The van der Waals surface area contributed by atoms with E-state index < -0.39 is 36.7 Å². The van der Waals surface area contributed by atoms with Gasteiger partial charge in [0.15, 0.2) is 18.0 Å². The molecule has 1 aliphatic rings. The Morgan fingerprint density at radius 3 is 2.11 bits per heavy atom. The number of carbonyl (C=O) groups excluding carboxylic acids is 2. The molecule has 1 atom stereocenters. The van der Waals surface area contributed by atoms with Gasteiger partial charge in [0, 0.05) is 12.8 Å². The molecule has 8 heteroatoms. The van der Waals surface area contributed by atoms with Crippen molar-refractivity contribution in [2.24, 2.45) is 0 Å². The number of ether oxygens (including phenoxy) is 2. The monoisotopic (exact) mass is 475 g/mol. The lowest BCUT2D eigenvalue weighted by atomic mass is 9.91. The molecular formula is C27H25NO7. The van der Waals surface area contributed by atoms with Gasteiger partial charge in [-0.3, -0.25) is 4.79 Å². The number of hydrogen-bond acceptors (Lipinski definition) is 6. The minimum atomic E-state index is -1.93. The van der Waals surface area contributed by atoms with Crippen molar-refractivity contribution in [2.75, 3.05) is 18.1 Å². The molecule has 35 heavy (non-hydrogen) atoms. The lowest BCUT2D eigenvalue weighted by Crippen LogP contribution is -2.46. The number of amides is 1. The van der Waals surface area contributed by atoms with E-state index in [1.165, 1.54) is 4.90 Å². The van der Waals surface area contributed by atoms with E-state index in [1.54, 1.807) is 66.7 Å². The number of ketones is 1. The minimum absolute atomic E-state index is 0.00438. The molecule has 2 N–H and O–H groups in total. The van der Waals surface area contributed by atoms with Gasteiger partial charge in [0.05, 0.1) is 11.4 Å². The van der Waals surface area contributed by atoms with Crippen molar-refractivity contribution in [1.29, 1.82) is 0 Å². The molecule has 0 fully saturated rings. The third kappa shape index (κ3) is 5.50. The van der Waals surface area contributed by atoms with Crippen LogP contribution in [0.4, 0.5) is 16.2 Å². The molecule has 0 saturated carbocycles. The first-order valence-electron chi connectivity index (χ1n) is 11.2. The molecule has 8 nitrogen and oxygen atoms in total. The van der Waals surface area contributed by atoms with Gasteiger partial charge in [0.25, 0.3) is 0 Å². The molecule has 180 valence electrons. The third-order valence-corrected chi connectivity index (χ3v) is 5.83. The average Bonchev–Trinajstić information content (AvgIpc) is 2.99. The molecule has 1 aliphatic carbocycles. The van der Waals surface area contributed by atoms with Crippen LogP contribution in [-0.4, -0.2) is 46.9 Å². The van der Waals surface area contributed by atoms with Crippen LogP contribution in [0.1, 0.15) is 17.5 Å². The van der Waals surface area contributed by atoms with E-state index in [1.807, 2.05) is 12.1 Å². The SMILES string of the molecule is O=C(O)COc1cccc2c1CCC(=O)C(O)(COC(=O)N(c1ccccc1)c1ccccc1)C2. The molecule has 0 spiro atoms. The van der Waals surface area contributed by atoms with E-state index in [2.05, 4.69) is 0 Å². The van der Waals surface area contributed by atoms with Gasteiger partial charge in [-0.2, -0.15) is 0 Å². The summed E-state index contributed by atoms with van der Waals surface area (Å²) in [6, 6.07) is 22.9. The van der Waals surface area contributed by atoms with Crippen molar-refractivity contribution < 1.29 is 34.1 Å². The zero-order chi connectivity index (χ0) is 24.8. The highest BCUT2D eigenvalue weighted by molar-refractivity contribution is 5.96. The highest BCUT2D eigenvalue weighted by atomic mass is 16.6. The third-order valence-electron chi connectivity index (χ3n) is 5.83. The number of carbonyl (C=O) groups is 3. The minimum Gasteiger partial charge on any atom is -0.482 e. The molecule has 3 aromatic carbocycles. The number of rotatable bonds is 7. The lowest BCUT2D eigenvalue weighted by Gasteiger charge is -2.28. The number of fused-ring (bicyclic) bond motifs is 1. The number of anilines is 2. The van der Waals surface area contributed by atoms with Gasteiger partial charge in [-0.1, -0.05) is 48.5 Å². The van der Waals surface area contributed by atoms with E-state index in [4.69, 9.17) is 14.6 Å². The van der Waals surface area contributed by atoms with Gasteiger partial charge >= 0.3 is 12.1 Å². The Bertz CT molecular complexity index is 1170. The summed E-state index contributed by atoms with van der Waals surface area (Å²) in [6.07, 6.45) is -0.544. The van der Waals surface area contributed by atoms with Crippen molar-refractivity contribution in [1.82, 2.24) is 0 Å². The van der Waals surface area contributed by atoms with Gasteiger partial charge in [-0.25, -0.2) is 14.5 Å². The molecule has 0 heterocycles. The fourth-order valence-corrected chi connectivity index (χ4v) is 4.11. The Hall–Kier alpha value is -4.17. The van der Waals surface area contributed by atoms with E-state index in [9.17, 15) is 19.5 Å². The quantitative estimate of drug-likeness (QED) is 0.498. The maximum Gasteiger partial charge on any atom is 0.419 e. The summed E-state index contributed by atoms with van der Waals surface area (Å²) in [6.45, 7) is -1.04. The first-order chi connectivity index (χ1) is 16.9. The summed E-state index contributed by atoms with van der Waals surface area (Å²) in [5.41, 5.74) is 0.535. The normalized spacial score (nSPS) is 17.1. The van der Waals surface area contributed by atoms with Crippen LogP contribution in [0.15, 0.2) is 78.9 Å². The van der Waals surface area contributed by atoms with Crippen molar-refractivity contribution in [2.45, 2.75) is 24.9 Å². The zero-order valence-corrected chi connectivity index (χ0v) is 18.9. The number of nitrogens with zero attached hydrogens (tertiary/aromatic N) is 1. The molecule has 0 aliphatic heterocycles. The second kappa shape index (κ2) is 10.4. The highest BCUT2D eigenvalue weighted by Gasteiger charge is 2.40. The number of aliphatic carboxylic acids is 1. The maximum atomic E-state index is 13.2. The van der Waals surface area contributed by atoms with Crippen LogP contribution in [0, 0.1) is 0 Å². The summed E-state index contributed by atoms with van der Waals surface area (Å²) in [4.78, 5) is 38.4. The Morgan fingerprint density at radius 1 is 0.886 bits per heavy atom. The van der Waals surface area contributed by atoms with Crippen LogP contribution in [-0.2, 0) is 27.2 Å². The van der Waals surface area contributed by atoms with Crippen molar-refractivity contribution in [3.05, 3.63) is 90.0 Å². The highest BCUT2D eigenvalue weighted by Crippen LogP contribution is 2.32. The zero-order valence-electron chi connectivity index (χ0n) is 18.9. The summed E-state index contributed by atoms with van der Waals surface area (Å²) in [7, 11) is 0. The molecule has 3 aromatic rings. The fourth-order valence-electron chi connectivity index (χ4n) is 4.11. The largest absolute Gasteiger partial charge is 0.482 e. The summed E-state index contributed by atoms with van der Waals surface area (Å²) < 4.78 is 10.9. The van der Waals surface area contributed by atoms with Crippen LogP contribution >= 0.6 is 0 Å². The Balaban J connectivity index is 1.55. The predicted molar refractivity (Wildman–Crippen MR) is 128 cm³/mol.